The monoisotopic (exact) mass is 234 g/mol. The van der Waals surface area contributed by atoms with Crippen molar-refractivity contribution in [1.82, 2.24) is 0 Å². The van der Waals surface area contributed by atoms with Gasteiger partial charge in [-0.3, -0.25) is 0 Å². The maximum Gasteiger partial charge on any atom is 1.00 e. The van der Waals surface area contributed by atoms with Gasteiger partial charge in [0.1, 0.15) is 0 Å². The summed E-state index contributed by atoms with van der Waals surface area (Å²) in [6, 6.07) is 0. The van der Waals surface area contributed by atoms with Gasteiger partial charge in [0.15, 0.2) is 11.9 Å². The Hall–Kier alpha value is 2.74. The molecule has 1 fully saturated rings. The maximum absolute atomic E-state index is 9.96. The van der Waals surface area contributed by atoms with Gasteiger partial charge in [-0.25, -0.2) is 0 Å². The first-order valence-electron chi connectivity index (χ1n) is 2.31. The molecular formula is C3H2Na3O6P. The summed E-state index contributed by atoms with van der Waals surface area (Å²) in [4.78, 5) is 39.7. The zero-order valence-corrected chi connectivity index (χ0v) is 14.4. The van der Waals surface area contributed by atoms with Crippen LogP contribution in [0.25, 0.3) is 0 Å². The van der Waals surface area contributed by atoms with E-state index in [4.69, 9.17) is 0 Å². The average Bonchev–Trinajstić information content (AvgIpc) is 2.35. The molecule has 0 radical (unpaired) electrons. The zero-order valence-electron chi connectivity index (χ0n) is 7.55. The van der Waals surface area contributed by atoms with E-state index < -0.39 is 25.9 Å². The molecule has 0 aromatic heterocycles. The van der Waals surface area contributed by atoms with Crippen molar-refractivity contribution < 1.29 is 118 Å². The van der Waals surface area contributed by atoms with E-state index in [2.05, 4.69) is 4.74 Å². The number of hydrogen-bond acceptors (Lipinski definition) is 6. The van der Waals surface area contributed by atoms with Crippen LogP contribution in [-0.2, 0) is 9.53 Å². The first kappa shape index (κ1) is 21.1. The van der Waals surface area contributed by atoms with Crippen LogP contribution in [-0.4, -0.2) is 17.9 Å². The van der Waals surface area contributed by atoms with Crippen LogP contribution in [0, 0.1) is 0 Å². The predicted molar refractivity (Wildman–Crippen MR) is 20.6 cm³/mol. The number of aliphatic carboxylic acids is 1. The van der Waals surface area contributed by atoms with Gasteiger partial charge in [-0.1, -0.05) is 0 Å². The number of carboxylic acids is 1. The number of epoxide rings is 1. The van der Waals surface area contributed by atoms with Gasteiger partial charge in [-0.05, 0) is 0 Å². The molecule has 0 aliphatic carbocycles. The van der Waals surface area contributed by atoms with Gasteiger partial charge in [0.05, 0.1) is 5.97 Å². The number of carbonyl (C=O) groups is 1. The number of hydrogen-bond donors (Lipinski definition) is 0. The van der Waals surface area contributed by atoms with Gasteiger partial charge in [0, 0.05) is 0 Å². The van der Waals surface area contributed by atoms with Crippen molar-refractivity contribution >= 4 is 13.9 Å². The second-order valence-electron chi connectivity index (χ2n) is 1.81. The minimum absolute atomic E-state index is 0. The second kappa shape index (κ2) is 7.92. The largest absolute Gasteiger partial charge is 1.00 e. The molecular weight excluding hydrogens is 232 g/mol. The van der Waals surface area contributed by atoms with E-state index in [1.165, 1.54) is 0 Å². The summed E-state index contributed by atoms with van der Waals surface area (Å²) in [7, 11) is -4.88. The minimum atomic E-state index is -4.88. The summed E-state index contributed by atoms with van der Waals surface area (Å²) in [5.74, 6) is -3.38. The van der Waals surface area contributed by atoms with Crippen molar-refractivity contribution in [2.24, 2.45) is 0 Å². The second-order valence-corrected chi connectivity index (χ2v) is 3.39. The van der Waals surface area contributed by atoms with Crippen LogP contribution in [0.3, 0.4) is 0 Å². The van der Waals surface area contributed by atoms with Crippen molar-refractivity contribution in [3.05, 3.63) is 0 Å². The van der Waals surface area contributed by atoms with Crippen LogP contribution in [0.5, 0.6) is 0 Å². The van der Waals surface area contributed by atoms with Crippen molar-refractivity contribution in [3.8, 4) is 0 Å². The van der Waals surface area contributed by atoms with Crippen LogP contribution < -0.4 is 108 Å². The Labute approximate surface area is 142 Å². The SMILES string of the molecule is O=C([O-])C1OC1[P+]([O-])([O-])[O-].[Na+].[Na+].[Na+]. The van der Waals surface area contributed by atoms with Crippen molar-refractivity contribution in [2.75, 3.05) is 0 Å². The fourth-order valence-electron chi connectivity index (χ4n) is 0.517. The summed E-state index contributed by atoms with van der Waals surface area (Å²) in [6.07, 6.45) is -1.55. The number of ether oxygens (including phenoxy) is 1. The molecule has 0 bridgehead atoms. The summed E-state index contributed by atoms with van der Waals surface area (Å²) in [5.41, 5.74) is 0. The standard InChI is InChI=1S/C3H5O6P.3Na/c4-2(5)1-3(9-1)10(6,7)8;;;/h1,3H,(H,4,5)(H2,6,7,8);;;/q;3*+1/p-3. The number of carbonyl (C=O) groups excluding carboxylic acids is 1. The van der Waals surface area contributed by atoms with Gasteiger partial charge in [-0.2, -0.15) is 0 Å². The maximum atomic E-state index is 9.96. The molecule has 1 heterocycles. The summed E-state index contributed by atoms with van der Waals surface area (Å²) < 4.78 is 3.99. The molecule has 1 aliphatic rings. The Kier molecular flexibility index (Phi) is 12.8. The number of carboxylic acid groups (broad SMARTS) is 1. The molecule has 0 amide bonds. The van der Waals surface area contributed by atoms with E-state index in [0.717, 1.165) is 0 Å². The first-order valence-corrected chi connectivity index (χ1v) is 3.92. The molecule has 2 atom stereocenters. The van der Waals surface area contributed by atoms with Crippen molar-refractivity contribution in [3.63, 3.8) is 0 Å². The molecule has 0 spiro atoms. The first-order chi connectivity index (χ1) is 4.43. The van der Waals surface area contributed by atoms with Gasteiger partial charge >= 0.3 is 88.7 Å². The predicted octanol–water partition coefficient (Wildman–Crippen LogP) is -13.7. The zero-order chi connectivity index (χ0) is 7.94. The Morgan fingerprint density at radius 3 is 1.62 bits per heavy atom. The Morgan fingerprint density at radius 1 is 1.15 bits per heavy atom. The van der Waals surface area contributed by atoms with E-state index in [1.807, 2.05) is 0 Å². The molecule has 10 heteroatoms. The van der Waals surface area contributed by atoms with E-state index in [9.17, 15) is 24.6 Å². The molecule has 58 valence electrons. The average molecular weight is 234 g/mol. The normalized spacial score (nSPS) is 24.5. The minimum Gasteiger partial charge on any atom is -0.686 e. The smallest absolute Gasteiger partial charge is 0.686 e. The van der Waals surface area contributed by atoms with Crippen LogP contribution >= 0.6 is 7.94 Å². The molecule has 2 unspecified atom stereocenters. The third kappa shape index (κ3) is 6.81. The summed E-state index contributed by atoms with van der Waals surface area (Å²) in [6.45, 7) is 0. The van der Waals surface area contributed by atoms with Crippen LogP contribution in [0.4, 0.5) is 0 Å². The fraction of sp³-hybridized carbons (Fsp3) is 0.667. The number of rotatable bonds is 2. The van der Waals surface area contributed by atoms with E-state index in [-0.39, 0.29) is 88.7 Å². The Bertz CT molecular complexity index is 171. The summed E-state index contributed by atoms with van der Waals surface area (Å²) in [5, 5.41) is 9.78. The van der Waals surface area contributed by atoms with Gasteiger partial charge in [0.25, 0.3) is 0 Å². The van der Waals surface area contributed by atoms with Crippen LogP contribution in [0.1, 0.15) is 0 Å². The van der Waals surface area contributed by atoms with Gasteiger partial charge in [0.2, 0.25) is 0 Å². The van der Waals surface area contributed by atoms with Crippen molar-refractivity contribution in [1.29, 1.82) is 0 Å². The third-order valence-electron chi connectivity index (χ3n) is 1.01. The molecule has 0 N–H and O–H groups in total. The molecule has 1 rings (SSSR count). The molecule has 6 nitrogen and oxygen atoms in total. The molecule has 1 saturated heterocycles. The van der Waals surface area contributed by atoms with E-state index in [0.29, 0.717) is 0 Å². The quantitative estimate of drug-likeness (QED) is 0.265. The molecule has 0 aromatic carbocycles. The van der Waals surface area contributed by atoms with Gasteiger partial charge < -0.3 is 29.3 Å². The van der Waals surface area contributed by atoms with E-state index >= 15 is 0 Å². The fourth-order valence-corrected chi connectivity index (χ4v) is 1.25. The molecule has 13 heavy (non-hydrogen) atoms. The third-order valence-corrected chi connectivity index (χ3v) is 2.03. The van der Waals surface area contributed by atoms with Gasteiger partial charge in [-0.15, -0.1) is 7.94 Å². The van der Waals surface area contributed by atoms with Crippen LogP contribution in [0.15, 0.2) is 0 Å². The molecule has 1 aliphatic heterocycles. The Morgan fingerprint density at radius 2 is 1.54 bits per heavy atom. The van der Waals surface area contributed by atoms with Crippen LogP contribution in [0.2, 0.25) is 0 Å². The molecule has 0 saturated carbocycles. The molecule has 0 aromatic rings. The van der Waals surface area contributed by atoms with E-state index in [1.54, 1.807) is 0 Å². The Balaban J connectivity index is -0.000000333. The topological polar surface area (TPSA) is 122 Å². The van der Waals surface area contributed by atoms with Crippen molar-refractivity contribution in [2.45, 2.75) is 11.9 Å². The summed E-state index contributed by atoms with van der Waals surface area (Å²) >= 11 is 0.